The maximum atomic E-state index is 13.2. The molecule has 10 nitrogen and oxygen atoms in total. The molecule has 4 heterocycles. The lowest BCUT2D eigenvalue weighted by molar-refractivity contribution is 0.0937. The second kappa shape index (κ2) is 11.9. The number of pyridine rings is 1. The van der Waals surface area contributed by atoms with Gasteiger partial charge in [0.15, 0.2) is 5.65 Å². The van der Waals surface area contributed by atoms with Gasteiger partial charge < -0.3 is 10.1 Å². The van der Waals surface area contributed by atoms with Crippen molar-refractivity contribution in [1.29, 1.82) is 0 Å². The summed E-state index contributed by atoms with van der Waals surface area (Å²) in [5.41, 5.74) is 2.86. The molecular weight excluding hydrogens is 490 g/mol. The summed E-state index contributed by atoms with van der Waals surface area (Å²) in [4.78, 5) is 38.0. The molecule has 0 aliphatic carbocycles. The predicted molar refractivity (Wildman–Crippen MR) is 145 cm³/mol. The van der Waals surface area contributed by atoms with Crippen molar-refractivity contribution in [2.24, 2.45) is 0 Å². The molecule has 0 aromatic carbocycles. The average Bonchev–Trinajstić information content (AvgIpc) is 3.58. The highest BCUT2D eigenvalue weighted by Gasteiger charge is 2.18. The normalized spacial score (nSPS) is 12.0. The molecule has 4 aromatic rings. The lowest BCUT2D eigenvalue weighted by Crippen LogP contribution is -2.42. The third-order valence-corrected chi connectivity index (χ3v) is 6.90. The zero-order valence-corrected chi connectivity index (χ0v) is 22.2. The Morgan fingerprint density at radius 1 is 1.14 bits per heavy atom. The SMILES string of the molecule is CCOC(=O)Nc1cc(C(=O)NCC(C)N(CC)CC)cc(-c2cnn3ccc(-c4cccs4)nc23)n1. The predicted octanol–water partition coefficient (Wildman–Crippen LogP) is 4.55. The Kier molecular flexibility index (Phi) is 8.47. The largest absolute Gasteiger partial charge is 0.450 e. The monoisotopic (exact) mass is 521 g/mol. The van der Waals surface area contributed by atoms with Gasteiger partial charge in [-0.15, -0.1) is 11.3 Å². The summed E-state index contributed by atoms with van der Waals surface area (Å²) in [5, 5.41) is 12.0. The molecule has 2 amide bonds. The zero-order chi connectivity index (χ0) is 26.4. The van der Waals surface area contributed by atoms with Crippen LogP contribution in [0.2, 0.25) is 0 Å². The molecule has 11 heteroatoms. The van der Waals surface area contributed by atoms with Crippen molar-refractivity contribution in [2.45, 2.75) is 33.7 Å². The number of anilines is 1. The summed E-state index contributed by atoms with van der Waals surface area (Å²) in [6.07, 6.45) is 2.84. The lowest BCUT2D eigenvalue weighted by Gasteiger charge is -2.26. The molecule has 4 aromatic heterocycles. The Hall–Kier alpha value is -3.83. The molecule has 2 N–H and O–H groups in total. The summed E-state index contributed by atoms with van der Waals surface area (Å²) in [6.45, 7) is 10.5. The summed E-state index contributed by atoms with van der Waals surface area (Å²) in [5.74, 6) is -0.0649. The first-order valence-corrected chi connectivity index (χ1v) is 13.2. The van der Waals surface area contributed by atoms with Gasteiger partial charge >= 0.3 is 6.09 Å². The molecule has 0 fully saturated rings. The fraction of sp³-hybridized carbons (Fsp3) is 0.346. The van der Waals surface area contributed by atoms with Gasteiger partial charge in [0.05, 0.1) is 34.6 Å². The second-order valence-electron chi connectivity index (χ2n) is 8.37. The van der Waals surface area contributed by atoms with E-state index in [1.54, 1.807) is 35.0 Å². The standard InChI is InChI=1S/C26H31N7O3S/c1-5-32(6-2)17(4)15-27-25(34)18-13-21(29-23(14-18)31-26(35)36-7-3)19-16-28-33-11-10-20(30-24(19)33)22-9-8-12-37-22/h8-14,16-17H,5-7,15H2,1-4H3,(H,27,34)(H,29,31,35). The Balaban J connectivity index is 1.69. The van der Waals surface area contributed by atoms with Crippen molar-refractivity contribution < 1.29 is 14.3 Å². The minimum Gasteiger partial charge on any atom is -0.450 e. The number of rotatable bonds is 10. The van der Waals surface area contributed by atoms with E-state index < -0.39 is 6.09 Å². The van der Waals surface area contributed by atoms with Crippen LogP contribution in [0.5, 0.6) is 0 Å². The number of aromatic nitrogens is 4. The summed E-state index contributed by atoms with van der Waals surface area (Å²) in [6, 6.07) is 9.28. The molecule has 194 valence electrons. The van der Waals surface area contributed by atoms with E-state index in [0.29, 0.717) is 29.0 Å². The van der Waals surface area contributed by atoms with Crippen LogP contribution in [0.25, 0.3) is 27.5 Å². The third kappa shape index (κ3) is 6.12. The van der Waals surface area contributed by atoms with Crippen LogP contribution in [0.3, 0.4) is 0 Å². The summed E-state index contributed by atoms with van der Waals surface area (Å²) < 4.78 is 6.67. The van der Waals surface area contributed by atoms with E-state index in [9.17, 15) is 9.59 Å². The number of fused-ring (bicyclic) bond motifs is 1. The molecule has 0 saturated carbocycles. The third-order valence-electron chi connectivity index (χ3n) is 6.01. The summed E-state index contributed by atoms with van der Waals surface area (Å²) in [7, 11) is 0. The number of carbonyl (C=O) groups is 2. The van der Waals surface area contributed by atoms with Crippen molar-refractivity contribution in [3.05, 3.63) is 53.7 Å². The highest BCUT2D eigenvalue weighted by atomic mass is 32.1. The molecule has 4 rings (SSSR count). The van der Waals surface area contributed by atoms with E-state index >= 15 is 0 Å². The number of amides is 2. The number of likely N-dealkylation sites (N-methyl/N-ethyl adjacent to an activating group) is 1. The van der Waals surface area contributed by atoms with Crippen molar-refractivity contribution in [2.75, 3.05) is 31.6 Å². The van der Waals surface area contributed by atoms with Crippen molar-refractivity contribution in [1.82, 2.24) is 29.8 Å². The van der Waals surface area contributed by atoms with Crippen LogP contribution in [0, 0.1) is 0 Å². The van der Waals surface area contributed by atoms with Gasteiger partial charge in [-0.2, -0.15) is 5.10 Å². The van der Waals surface area contributed by atoms with Crippen LogP contribution in [0.4, 0.5) is 10.6 Å². The van der Waals surface area contributed by atoms with Gasteiger partial charge in [-0.25, -0.2) is 19.3 Å². The molecule has 0 aliphatic rings. The Morgan fingerprint density at radius 2 is 1.95 bits per heavy atom. The van der Waals surface area contributed by atoms with E-state index in [1.807, 2.05) is 29.8 Å². The number of ether oxygens (including phenoxy) is 1. The maximum absolute atomic E-state index is 13.2. The highest BCUT2D eigenvalue weighted by Crippen LogP contribution is 2.28. The first kappa shape index (κ1) is 26.2. The molecule has 1 atom stereocenters. The number of hydrogen-bond acceptors (Lipinski definition) is 8. The minimum absolute atomic E-state index is 0.178. The number of nitrogens with one attached hydrogen (secondary N) is 2. The van der Waals surface area contributed by atoms with Crippen LogP contribution in [-0.2, 0) is 4.74 Å². The fourth-order valence-electron chi connectivity index (χ4n) is 4.07. The molecule has 0 saturated heterocycles. The zero-order valence-electron chi connectivity index (χ0n) is 21.4. The van der Waals surface area contributed by atoms with Crippen LogP contribution in [-0.4, -0.2) is 68.8 Å². The summed E-state index contributed by atoms with van der Waals surface area (Å²) >= 11 is 1.60. The van der Waals surface area contributed by atoms with Crippen LogP contribution < -0.4 is 10.6 Å². The molecular formula is C26H31N7O3S. The van der Waals surface area contributed by atoms with E-state index in [2.05, 4.69) is 46.4 Å². The van der Waals surface area contributed by atoms with Gasteiger partial charge in [0.25, 0.3) is 5.91 Å². The van der Waals surface area contributed by atoms with E-state index in [4.69, 9.17) is 9.72 Å². The minimum atomic E-state index is -0.647. The van der Waals surface area contributed by atoms with Crippen LogP contribution in [0.1, 0.15) is 38.1 Å². The molecule has 37 heavy (non-hydrogen) atoms. The van der Waals surface area contributed by atoms with Gasteiger partial charge in [-0.1, -0.05) is 19.9 Å². The first-order chi connectivity index (χ1) is 17.9. The van der Waals surface area contributed by atoms with Crippen molar-refractivity contribution in [3.8, 4) is 21.8 Å². The Morgan fingerprint density at radius 3 is 2.65 bits per heavy atom. The maximum Gasteiger partial charge on any atom is 0.412 e. The second-order valence-corrected chi connectivity index (χ2v) is 9.32. The molecule has 0 spiro atoms. The Bertz CT molecular complexity index is 1370. The van der Waals surface area contributed by atoms with E-state index in [1.165, 1.54) is 6.07 Å². The van der Waals surface area contributed by atoms with Gasteiger partial charge in [-0.3, -0.25) is 15.0 Å². The average molecular weight is 522 g/mol. The quantitative estimate of drug-likeness (QED) is 0.315. The lowest BCUT2D eigenvalue weighted by atomic mass is 10.1. The topological polar surface area (TPSA) is 114 Å². The first-order valence-electron chi connectivity index (χ1n) is 12.3. The molecule has 0 radical (unpaired) electrons. The number of hydrogen-bond donors (Lipinski definition) is 2. The smallest absolute Gasteiger partial charge is 0.412 e. The van der Waals surface area contributed by atoms with Gasteiger partial charge in [0, 0.05) is 24.3 Å². The fourth-order valence-corrected chi connectivity index (χ4v) is 4.76. The van der Waals surface area contributed by atoms with Gasteiger partial charge in [0.2, 0.25) is 0 Å². The molecule has 0 bridgehead atoms. The number of carbonyl (C=O) groups excluding carboxylic acids is 2. The molecule has 1 unspecified atom stereocenters. The highest BCUT2D eigenvalue weighted by molar-refractivity contribution is 7.13. The van der Waals surface area contributed by atoms with Crippen molar-refractivity contribution >= 4 is 34.8 Å². The van der Waals surface area contributed by atoms with Crippen molar-refractivity contribution in [3.63, 3.8) is 0 Å². The van der Waals surface area contributed by atoms with Gasteiger partial charge in [0.1, 0.15) is 5.82 Å². The van der Waals surface area contributed by atoms with Crippen LogP contribution >= 0.6 is 11.3 Å². The Labute approximate surface area is 219 Å². The van der Waals surface area contributed by atoms with E-state index in [0.717, 1.165) is 23.7 Å². The van der Waals surface area contributed by atoms with Crippen LogP contribution in [0.15, 0.2) is 48.1 Å². The number of thiophene rings is 1. The van der Waals surface area contributed by atoms with E-state index in [-0.39, 0.29) is 24.4 Å². The van der Waals surface area contributed by atoms with Gasteiger partial charge in [-0.05, 0) is 56.6 Å². The number of nitrogens with zero attached hydrogens (tertiary/aromatic N) is 5. The molecule has 0 aliphatic heterocycles.